The number of H-pyrrole nitrogens is 1. The first-order valence-electron chi connectivity index (χ1n) is 9.34. The molecule has 0 unspecified atom stereocenters. The topological polar surface area (TPSA) is 109 Å². The molecule has 0 saturated carbocycles. The van der Waals surface area contributed by atoms with Crippen LogP contribution in [0.5, 0.6) is 0 Å². The Bertz CT molecular complexity index is 1060. The molecule has 0 bridgehead atoms. The van der Waals surface area contributed by atoms with E-state index in [0.717, 1.165) is 12.1 Å². The van der Waals surface area contributed by atoms with E-state index in [0.29, 0.717) is 40.1 Å². The molecule has 0 aliphatic rings. The van der Waals surface area contributed by atoms with Gasteiger partial charge in [0.2, 0.25) is 0 Å². The van der Waals surface area contributed by atoms with E-state index in [-0.39, 0.29) is 12.5 Å². The highest BCUT2D eigenvalue weighted by Gasteiger charge is 2.19. The summed E-state index contributed by atoms with van der Waals surface area (Å²) in [6, 6.07) is 7.24. The number of aromatic nitrogens is 3. The van der Waals surface area contributed by atoms with Crippen LogP contribution in [-0.2, 0) is 9.53 Å². The van der Waals surface area contributed by atoms with E-state index >= 15 is 0 Å². The van der Waals surface area contributed by atoms with Gasteiger partial charge >= 0.3 is 5.97 Å². The maximum Gasteiger partial charge on any atom is 0.340 e. The minimum Gasteiger partial charge on any atom is -0.462 e. The van der Waals surface area contributed by atoms with Crippen LogP contribution in [-0.4, -0.2) is 46.5 Å². The number of nitrogens with zero attached hydrogens (tertiary/aromatic N) is 2. The number of carbonyl (C=O) groups excluding carboxylic acids is 2. The number of esters is 1. The number of rotatable bonds is 8. The van der Waals surface area contributed by atoms with Gasteiger partial charge < -0.3 is 20.4 Å². The fourth-order valence-electron chi connectivity index (χ4n) is 2.87. The largest absolute Gasteiger partial charge is 0.462 e. The molecule has 8 nitrogen and oxygen atoms in total. The molecule has 8 heteroatoms. The average Bonchev–Trinajstić information content (AvgIpc) is 3.16. The highest BCUT2D eigenvalue weighted by Crippen LogP contribution is 2.30. The molecule has 3 rings (SSSR count). The predicted molar refractivity (Wildman–Crippen MR) is 112 cm³/mol. The molecule has 0 fully saturated rings. The van der Waals surface area contributed by atoms with Gasteiger partial charge in [0.1, 0.15) is 12.0 Å². The van der Waals surface area contributed by atoms with Crippen molar-refractivity contribution >= 4 is 28.6 Å². The van der Waals surface area contributed by atoms with Crippen molar-refractivity contribution in [3.63, 3.8) is 0 Å². The van der Waals surface area contributed by atoms with E-state index in [1.807, 2.05) is 19.1 Å². The van der Waals surface area contributed by atoms with E-state index in [1.165, 1.54) is 6.33 Å². The van der Waals surface area contributed by atoms with Crippen molar-refractivity contribution in [2.45, 2.75) is 13.8 Å². The van der Waals surface area contributed by atoms with E-state index in [2.05, 4.69) is 32.2 Å². The molecule has 2 aromatic heterocycles. The van der Waals surface area contributed by atoms with Crippen LogP contribution >= 0.6 is 0 Å². The fourth-order valence-corrected chi connectivity index (χ4v) is 2.87. The zero-order valence-corrected chi connectivity index (χ0v) is 16.4. The number of carbonyl (C=O) groups is 2. The van der Waals surface area contributed by atoms with Gasteiger partial charge in [-0.1, -0.05) is 25.6 Å². The van der Waals surface area contributed by atoms with Crippen LogP contribution in [0.2, 0.25) is 0 Å². The molecule has 0 aliphatic heterocycles. The summed E-state index contributed by atoms with van der Waals surface area (Å²) >= 11 is 0. The van der Waals surface area contributed by atoms with Crippen molar-refractivity contribution in [1.82, 2.24) is 20.3 Å². The number of amides is 1. The Kier molecular flexibility index (Phi) is 6.36. The molecular formula is C21H23N5O3. The highest BCUT2D eigenvalue weighted by molar-refractivity contribution is 6.08. The van der Waals surface area contributed by atoms with Gasteiger partial charge in [-0.3, -0.25) is 4.79 Å². The molecule has 2 heterocycles. The Balaban J connectivity index is 1.94. The smallest absolute Gasteiger partial charge is 0.340 e. The van der Waals surface area contributed by atoms with Gasteiger partial charge in [-0.15, -0.1) is 0 Å². The lowest BCUT2D eigenvalue weighted by molar-refractivity contribution is -0.112. The van der Waals surface area contributed by atoms with E-state index < -0.39 is 5.97 Å². The second-order valence-electron chi connectivity index (χ2n) is 6.29. The molecule has 0 atom stereocenters. The van der Waals surface area contributed by atoms with E-state index in [4.69, 9.17) is 4.74 Å². The molecule has 0 radical (unpaired) electrons. The summed E-state index contributed by atoms with van der Waals surface area (Å²) < 4.78 is 5.13. The van der Waals surface area contributed by atoms with Crippen molar-refractivity contribution < 1.29 is 14.3 Å². The molecule has 3 aromatic rings. The van der Waals surface area contributed by atoms with Gasteiger partial charge in [-0.05, 0) is 25.6 Å². The number of aromatic amines is 1. The lowest BCUT2D eigenvalue weighted by Crippen LogP contribution is -2.24. The summed E-state index contributed by atoms with van der Waals surface area (Å²) in [5.41, 5.74) is 3.25. The number of likely N-dealkylation sites (N-methyl/N-ethyl adjacent to an activating group) is 1. The van der Waals surface area contributed by atoms with Crippen LogP contribution in [0.25, 0.3) is 22.3 Å². The molecule has 0 spiro atoms. The molecule has 0 aliphatic carbocycles. The molecular weight excluding hydrogens is 370 g/mol. The van der Waals surface area contributed by atoms with Crippen LogP contribution in [0.15, 0.2) is 48.9 Å². The SMILES string of the molecule is C=C(CNCC)C(=O)Nc1cccc(-c2ncnc3[nH]cc(C(=O)OCC)c23)c1. The maximum atomic E-state index is 12.3. The van der Waals surface area contributed by atoms with Crippen molar-refractivity contribution in [2.75, 3.05) is 25.0 Å². The zero-order chi connectivity index (χ0) is 20.8. The Morgan fingerprint density at radius 2 is 2.07 bits per heavy atom. The summed E-state index contributed by atoms with van der Waals surface area (Å²) in [5.74, 6) is -0.705. The number of ether oxygens (including phenoxy) is 1. The van der Waals surface area contributed by atoms with Crippen molar-refractivity contribution in [3.05, 3.63) is 54.5 Å². The summed E-state index contributed by atoms with van der Waals surface area (Å²) in [6.07, 6.45) is 2.99. The molecule has 150 valence electrons. The second kappa shape index (κ2) is 9.11. The minimum absolute atomic E-state index is 0.259. The van der Waals surface area contributed by atoms with Gasteiger partial charge in [0.15, 0.2) is 0 Å². The Morgan fingerprint density at radius 1 is 1.24 bits per heavy atom. The van der Waals surface area contributed by atoms with E-state index in [9.17, 15) is 9.59 Å². The number of fused-ring (bicyclic) bond motifs is 1. The number of hydrogen-bond donors (Lipinski definition) is 3. The van der Waals surface area contributed by atoms with Crippen LogP contribution in [0.3, 0.4) is 0 Å². The molecule has 1 aromatic carbocycles. The van der Waals surface area contributed by atoms with Crippen LogP contribution in [0.4, 0.5) is 5.69 Å². The number of nitrogens with one attached hydrogen (secondary N) is 3. The number of hydrogen-bond acceptors (Lipinski definition) is 6. The number of benzene rings is 1. The first kappa shape index (κ1) is 20.2. The van der Waals surface area contributed by atoms with Gasteiger partial charge in [0.05, 0.1) is 23.3 Å². The van der Waals surface area contributed by atoms with Crippen LogP contribution < -0.4 is 10.6 Å². The average molecular weight is 393 g/mol. The summed E-state index contributed by atoms with van der Waals surface area (Å²) in [7, 11) is 0. The molecule has 0 saturated heterocycles. The summed E-state index contributed by atoms with van der Waals surface area (Å²) in [5, 5.41) is 6.49. The van der Waals surface area contributed by atoms with Gasteiger partial charge in [0, 0.05) is 29.6 Å². The highest BCUT2D eigenvalue weighted by atomic mass is 16.5. The molecule has 29 heavy (non-hydrogen) atoms. The normalized spacial score (nSPS) is 10.7. The van der Waals surface area contributed by atoms with E-state index in [1.54, 1.807) is 25.3 Å². The lowest BCUT2D eigenvalue weighted by Gasteiger charge is -2.10. The van der Waals surface area contributed by atoms with Crippen LogP contribution in [0.1, 0.15) is 24.2 Å². The quantitative estimate of drug-likeness (QED) is 0.401. The number of anilines is 1. The van der Waals surface area contributed by atoms with Gasteiger partial charge in [0.25, 0.3) is 5.91 Å². The first-order chi connectivity index (χ1) is 14.0. The third-order valence-electron chi connectivity index (χ3n) is 4.27. The first-order valence-corrected chi connectivity index (χ1v) is 9.34. The van der Waals surface area contributed by atoms with Crippen molar-refractivity contribution in [3.8, 4) is 11.3 Å². The Morgan fingerprint density at radius 3 is 2.83 bits per heavy atom. The van der Waals surface area contributed by atoms with Crippen LogP contribution in [0, 0.1) is 0 Å². The summed E-state index contributed by atoms with van der Waals surface area (Å²) in [6.45, 7) is 8.95. The molecule has 3 N–H and O–H groups in total. The fraction of sp³-hybridized carbons (Fsp3) is 0.238. The molecule has 1 amide bonds. The summed E-state index contributed by atoms with van der Waals surface area (Å²) in [4.78, 5) is 36.2. The zero-order valence-electron chi connectivity index (χ0n) is 16.4. The van der Waals surface area contributed by atoms with Crippen molar-refractivity contribution in [1.29, 1.82) is 0 Å². The predicted octanol–water partition coefficient (Wildman–Crippen LogP) is 2.91. The minimum atomic E-state index is -0.445. The van der Waals surface area contributed by atoms with Crippen molar-refractivity contribution in [2.24, 2.45) is 0 Å². The third-order valence-corrected chi connectivity index (χ3v) is 4.27. The van der Waals surface area contributed by atoms with Gasteiger partial charge in [-0.2, -0.15) is 0 Å². The third kappa shape index (κ3) is 4.49. The standard InChI is InChI=1S/C21H23N5O3/c1-4-22-10-13(3)20(27)26-15-8-6-7-14(9-15)18-17-16(21(28)29-5-2)11-23-19(17)25-12-24-18/h6-9,11-12,22H,3-5,10H2,1-2H3,(H,26,27)(H,23,24,25). The monoisotopic (exact) mass is 393 g/mol. The Labute approximate surface area is 168 Å². The Hall–Kier alpha value is -3.52. The maximum absolute atomic E-state index is 12.3. The lowest BCUT2D eigenvalue weighted by atomic mass is 10.1. The second-order valence-corrected chi connectivity index (χ2v) is 6.29. The van der Waals surface area contributed by atoms with Gasteiger partial charge in [-0.25, -0.2) is 14.8 Å².